The zero-order valence-corrected chi connectivity index (χ0v) is 11.9. The molecule has 0 bridgehead atoms. The van der Waals surface area contributed by atoms with Gasteiger partial charge in [0.2, 0.25) is 5.91 Å². The Bertz CT molecular complexity index is 451. The molecule has 0 aliphatic heterocycles. The number of thioether (sulfide) groups is 1. The number of carboxylic acid groups (broad SMARTS) is 1. The Morgan fingerprint density at radius 2 is 2.26 bits per heavy atom. The van der Waals surface area contributed by atoms with Gasteiger partial charge in [0, 0.05) is 18.9 Å². The minimum atomic E-state index is -0.996. The third-order valence-electron chi connectivity index (χ3n) is 2.58. The molecule has 0 spiro atoms. The lowest BCUT2D eigenvalue weighted by Crippen LogP contribution is -2.39. The third-order valence-corrected chi connectivity index (χ3v) is 3.59. The quantitative estimate of drug-likeness (QED) is 0.743. The first-order valence-corrected chi connectivity index (χ1v) is 7.14. The predicted octanol–water partition coefficient (Wildman–Crippen LogP) is 1.60. The smallest absolute Gasteiger partial charge is 0.326 e. The summed E-state index contributed by atoms with van der Waals surface area (Å²) in [7, 11) is 0. The molecular weight excluding hydrogens is 264 g/mol. The number of carboxylic acids is 1. The van der Waals surface area contributed by atoms with Gasteiger partial charge in [-0.05, 0) is 30.7 Å². The number of aliphatic carboxylic acids is 1. The number of aromatic nitrogens is 1. The molecule has 0 radical (unpaired) electrons. The average Bonchev–Trinajstić information content (AvgIpc) is 2.34. The molecule has 0 aromatic carbocycles. The summed E-state index contributed by atoms with van der Waals surface area (Å²) in [6.07, 6.45) is 2.16. The molecule has 2 N–H and O–H groups in total. The van der Waals surface area contributed by atoms with E-state index in [2.05, 4.69) is 10.3 Å². The number of carbonyl (C=O) groups excluding carboxylic acids is 1. The van der Waals surface area contributed by atoms with E-state index in [1.807, 2.05) is 19.1 Å². The van der Waals surface area contributed by atoms with Crippen LogP contribution in [0.1, 0.15) is 24.6 Å². The molecular formula is C13H18N2O3S. The van der Waals surface area contributed by atoms with Gasteiger partial charge in [0.1, 0.15) is 6.04 Å². The monoisotopic (exact) mass is 282 g/mol. The van der Waals surface area contributed by atoms with Crippen LogP contribution in [0.4, 0.5) is 0 Å². The van der Waals surface area contributed by atoms with Gasteiger partial charge in [-0.1, -0.05) is 6.07 Å². The van der Waals surface area contributed by atoms with Crippen LogP contribution in [0.2, 0.25) is 0 Å². The first-order chi connectivity index (χ1) is 9.00. The number of hydrogen-bond donors (Lipinski definition) is 2. The van der Waals surface area contributed by atoms with Crippen LogP contribution < -0.4 is 5.32 Å². The molecule has 1 unspecified atom stereocenters. The number of nitrogens with zero attached hydrogens (tertiary/aromatic N) is 1. The van der Waals surface area contributed by atoms with Gasteiger partial charge in [0.15, 0.2) is 0 Å². The van der Waals surface area contributed by atoms with Crippen molar-refractivity contribution in [2.24, 2.45) is 0 Å². The van der Waals surface area contributed by atoms with Crippen molar-refractivity contribution in [1.29, 1.82) is 0 Å². The maximum absolute atomic E-state index is 10.9. The fourth-order valence-corrected chi connectivity index (χ4v) is 2.58. The van der Waals surface area contributed by atoms with E-state index in [-0.39, 0.29) is 5.91 Å². The maximum atomic E-state index is 10.9. The van der Waals surface area contributed by atoms with Crippen molar-refractivity contribution in [2.45, 2.75) is 32.1 Å². The molecule has 19 heavy (non-hydrogen) atoms. The SMILES string of the molecule is CC(=O)NC(CCSCc1ncccc1C)C(=O)O. The molecule has 0 fully saturated rings. The Kier molecular flexibility index (Phi) is 6.35. The second kappa shape index (κ2) is 7.78. The highest BCUT2D eigenvalue weighted by molar-refractivity contribution is 7.98. The van der Waals surface area contributed by atoms with Crippen LogP contribution in [0.25, 0.3) is 0 Å². The van der Waals surface area contributed by atoms with Crippen LogP contribution >= 0.6 is 11.8 Å². The summed E-state index contributed by atoms with van der Waals surface area (Å²) >= 11 is 1.62. The van der Waals surface area contributed by atoms with Gasteiger partial charge >= 0.3 is 5.97 Å². The zero-order chi connectivity index (χ0) is 14.3. The second-order valence-electron chi connectivity index (χ2n) is 4.20. The van der Waals surface area contributed by atoms with Crippen LogP contribution in [0.3, 0.4) is 0 Å². The summed E-state index contributed by atoms with van der Waals surface area (Å²) in [4.78, 5) is 26.1. The Morgan fingerprint density at radius 3 is 2.84 bits per heavy atom. The lowest BCUT2D eigenvalue weighted by Gasteiger charge is -2.12. The molecule has 1 atom stereocenters. The highest BCUT2D eigenvalue weighted by atomic mass is 32.2. The van der Waals surface area contributed by atoms with Crippen LogP contribution in [0, 0.1) is 6.92 Å². The van der Waals surface area contributed by atoms with Crippen LogP contribution in [-0.2, 0) is 15.3 Å². The molecule has 1 amide bonds. The summed E-state index contributed by atoms with van der Waals surface area (Å²) < 4.78 is 0. The second-order valence-corrected chi connectivity index (χ2v) is 5.30. The third kappa shape index (κ3) is 5.74. The predicted molar refractivity (Wildman–Crippen MR) is 75.0 cm³/mol. The highest BCUT2D eigenvalue weighted by Gasteiger charge is 2.17. The Labute approximate surface area is 116 Å². The minimum Gasteiger partial charge on any atom is -0.480 e. The normalized spacial score (nSPS) is 11.9. The standard InChI is InChI=1S/C13H18N2O3S/c1-9-4-3-6-14-12(9)8-19-7-5-11(13(17)18)15-10(2)16/h3-4,6,11H,5,7-8H2,1-2H3,(H,15,16)(H,17,18). The van der Waals surface area contributed by atoms with Gasteiger partial charge in [0.25, 0.3) is 0 Å². The minimum absolute atomic E-state index is 0.321. The number of carbonyl (C=O) groups is 2. The fourth-order valence-electron chi connectivity index (χ4n) is 1.54. The topological polar surface area (TPSA) is 79.3 Å². The summed E-state index contributed by atoms with van der Waals surface area (Å²) in [5.74, 6) is 0.0922. The summed E-state index contributed by atoms with van der Waals surface area (Å²) in [5.41, 5.74) is 2.14. The Hall–Kier alpha value is -1.56. The Balaban J connectivity index is 2.35. The van der Waals surface area contributed by atoms with Gasteiger partial charge in [-0.25, -0.2) is 4.79 Å². The van der Waals surface area contributed by atoms with Gasteiger partial charge in [-0.15, -0.1) is 0 Å². The molecule has 1 aromatic heterocycles. The van der Waals surface area contributed by atoms with Gasteiger partial charge < -0.3 is 10.4 Å². The lowest BCUT2D eigenvalue weighted by atomic mass is 10.2. The number of pyridine rings is 1. The van der Waals surface area contributed by atoms with E-state index < -0.39 is 12.0 Å². The van der Waals surface area contributed by atoms with Crippen LogP contribution in [0.15, 0.2) is 18.3 Å². The number of aryl methyl sites for hydroxylation is 1. The molecule has 0 saturated carbocycles. The molecule has 104 valence electrons. The first-order valence-electron chi connectivity index (χ1n) is 5.99. The molecule has 0 saturated heterocycles. The highest BCUT2D eigenvalue weighted by Crippen LogP contribution is 2.15. The lowest BCUT2D eigenvalue weighted by molar-refractivity contribution is -0.141. The van der Waals surface area contributed by atoms with E-state index in [1.54, 1.807) is 18.0 Å². The van der Waals surface area contributed by atoms with E-state index >= 15 is 0 Å². The Morgan fingerprint density at radius 1 is 1.53 bits per heavy atom. The molecule has 1 rings (SSSR count). The molecule has 1 heterocycles. The van der Waals surface area contributed by atoms with Crippen molar-refractivity contribution >= 4 is 23.6 Å². The molecule has 0 aliphatic carbocycles. The van der Waals surface area contributed by atoms with Crippen molar-refractivity contribution in [1.82, 2.24) is 10.3 Å². The van der Waals surface area contributed by atoms with E-state index in [1.165, 1.54) is 6.92 Å². The number of hydrogen-bond acceptors (Lipinski definition) is 4. The molecule has 6 heteroatoms. The van der Waals surface area contributed by atoms with Crippen molar-refractivity contribution in [3.63, 3.8) is 0 Å². The van der Waals surface area contributed by atoms with Gasteiger partial charge in [0.05, 0.1) is 5.69 Å². The largest absolute Gasteiger partial charge is 0.480 e. The number of amides is 1. The summed E-state index contributed by atoms with van der Waals surface area (Å²) in [5, 5.41) is 11.4. The zero-order valence-electron chi connectivity index (χ0n) is 11.0. The fraction of sp³-hybridized carbons (Fsp3) is 0.462. The average molecular weight is 282 g/mol. The van der Waals surface area contributed by atoms with E-state index in [9.17, 15) is 9.59 Å². The maximum Gasteiger partial charge on any atom is 0.326 e. The van der Waals surface area contributed by atoms with Crippen molar-refractivity contribution in [2.75, 3.05) is 5.75 Å². The van der Waals surface area contributed by atoms with Crippen LogP contribution in [-0.4, -0.2) is 33.8 Å². The van der Waals surface area contributed by atoms with Crippen molar-refractivity contribution < 1.29 is 14.7 Å². The summed E-state index contributed by atoms with van der Waals surface area (Å²) in [6.45, 7) is 3.32. The molecule has 1 aromatic rings. The van der Waals surface area contributed by atoms with Crippen LogP contribution in [0.5, 0.6) is 0 Å². The summed E-state index contributed by atoms with van der Waals surface area (Å²) in [6, 6.07) is 3.08. The van der Waals surface area contributed by atoms with Crippen molar-refractivity contribution in [3.8, 4) is 0 Å². The van der Waals surface area contributed by atoms with Crippen molar-refractivity contribution in [3.05, 3.63) is 29.6 Å². The van der Waals surface area contributed by atoms with E-state index in [0.29, 0.717) is 12.2 Å². The van der Waals surface area contributed by atoms with Gasteiger partial charge in [-0.2, -0.15) is 11.8 Å². The van der Waals surface area contributed by atoms with Gasteiger partial charge in [-0.3, -0.25) is 9.78 Å². The van der Waals surface area contributed by atoms with E-state index in [4.69, 9.17) is 5.11 Å². The molecule has 0 aliphatic rings. The van der Waals surface area contributed by atoms with E-state index in [0.717, 1.165) is 17.0 Å². The number of rotatable bonds is 7. The number of nitrogens with one attached hydrogen (secondary N) is 1. The first kappa shape index (κ1) is 15.5. The molecule has 5 nitrogen and oxygen atoms in total.